The third-order valence-electron chi connectivity index (χ3n) is 1.63. The lowest BCUT2D eigenvalue weighted by atomic mass is 10.5. The molecule has 2 aromatic rings. The van der Waals surface area contributed by atoms with Gasteiger partial charge in [0.2, 0.25) is 0 Å². The van der Waals surface area contributed by atoms with Crippen LogP contribution in [0.2, 0.25) is 0 Å². The summed E-state index contributed by atoms with van der Waals surface area (Å²) >= 11 is 3.29. The quantitative estimate of drug-likeness (QED) is 0.838. The van der Waals surface area contributed by atoms with Gasteiger partial charge >= 0.3 is 0 Å². The average molecular weight is 242 g/mol. The Morgan fingerprint density at radius 3 is 3.08 bits per heavy atom. The van der Waals surface area contributed by atoms with Crippen molar-refractivity contribution in [3.63, 3.8) is 0 Å². The highest BCUT2D eigenvalue weighted by molar-refractivity contribution is 9.10. The van der Waals surface area contributed by atoms with Crippen LogP contribution >= 0.6 is 15.9 Å². The van der Waals surface area contributed by atoms with Crippen molar-refractivity contribution in [1.29, 1.82) is 0 Å². The SMILES string of the molecule is CNCc1nnc2ccc(Br)nn12. The minimum Gasteiger partial charge on any atom is -0.313 e. The molecule has 0 amide bonds. The summed E-state index contributed by atoms with van der Waals surface area (Å²) in [4.78, 5) is 0. The normalized spacial score (nSPS) is 10.9. The first-order chi connectivity index (χ1) is 6.31. The van der Waals surface area contributed by atoms with Crippen LogP contribution in [0.5, 0.6) is 0 Å². The summed E-state index contributed by atoms with van der Waals surface area (Å²) in [5, 5.41) is 15.2. The van der Waals surface area contributed by atoms with E-state index in [2.05, 4.69) is 36.5 Å². The molecule has 13 heavy (non-hydrogen) atoms. The molecule has 0 unspecified atom stereocenters. The van der Waals surface area contributed by atoms with Gasteiger partial charge in [-0.3, -0.25) is 0 Å². The predicted octanol–water partition coefficient (Wildman–Crippen LogP) is 0.606. The van der Waals surface area contributed by atoms with Crippen LogP contribution in [0.3, 0.4) is 0 Å². The lowest BCUT2D eigenvalue weighted by molar-refractivity contribution is 0.714. The van der Waals surface area contributed by atoms with Crippen LogP contribution in [0.25, 0.3) is 5.65 Å². The van der Waals surface area contributed by atoms with Crippen molar-refractivity contribution < 1.29 is 0 Å². The fourth-order valence-electron chi connectivity index (χ4n) is 1.08. The Balaban J connectivity index is 2.58. The van der Waals surface area contributed by atoms with E-state index in [9.17, 15) is 0 Å². The Hall–Kier alpha value is -1.01. The van der Waals surface area contributed by atoms with Gasteiger partial charge in [-0.1, -0.05) is 0 Å². The Morgan fingerprint density at radius 2 is 2.31 bits per heavy atom. The molecule has 2 rings (SSSR count). The number of rotatable bonds is 2. The molecule has 1 N–H and O–H groups in total. The highest BCUT2D eigenvalue weighted by Gasteiger charge is 2.04. The molecule has 0 aliphatic rings. The van der Waals surface area contributed by atoms with Crippen LogP contribution in [0, 0.1) is 0 Å². The Bertz CT molecular complexity index is 424. The minimum absolute atomic E-state index is 0.657. The van der Waals surface area contributed by atoms with Crippen LogP contribution in [0.1, 0.15) is 5.82 Å². The first-order valence-corrected chi connectivity index (χ1v) is 4.62. The maximum Gasteiger partial charge on any atom is 0.178 e. The van der Waals surface area contributed by atoms with Crippen LogP contribution in [0.4, 0.5) is 0 Å². The number of halogens is 1. The average Bonchev–Trinajstić information content (AvgIpc) is 2.49. The molecule has 2 heterocycles. The van der Waals surface area contributed by atoms with Gasteiger partial charge in [-0.15, -0.1) is 10.2 Å². The van der Waals surface area contributed by atoms with E-state index >= 15 is 0 Å². The molecule has 2 aromatic heterocycles. The summed E-state index contributed by atoms with van der Waals surface area (Å²) in [6.07, 6.45) is 0. The molecule has 0 fully saturated rings. The number of hydrogen-bond acceptors (Lipinski definition) is 4. The molecule has 0 saturated heterocycles. The van der Waals surface area contributed by atoms with Gasteiger partial charge in [0.25, 0.3) is 0 Å². The minimum atomic E-state index is 0.657. The van der Waals surface area contributed by atoms with Gasteiger partial charge in [0.05, 0.1) is 6.54 Å². The Morgan fingerprint density at radius 1 is 1.46 bits per heavy atom. The molecule has 6 heteroatoms. The van der Waals surface area contributed by atoms with Gasteiger partial charge < -0.3 is 5.32 Å². The van der Waals surface area contributed by atoms with E-state index in [0.29, 0.717) is 6.54 Å². The van der Waals surface area contributed by atoms with E-state index in [0.717, 1.165) is 16.1 Å². The van der Waals surface area contributed by atoms with Gasteiger partial charge in [-0.2, -0.15) is 9.61 Å². The van der Waals surface area contributed by atoms with Crippen LogP contribution in [-0.4, -0.2) is 26.9 Å². The summed E-state index contributed by atoms with van der Waals surface area (Å²) in [6, 6.07) is 3.70. The number of fused-ring (bicyclic) bond motifs is 1. The molecule has 0 aliphatic carbocycles. The van der Waals surface area contributed by atoms with Gasteiger partial charge in [0.1, 0.15) is 4.60 Å². The highest BCUT2D eigenvalue weighted by Crippen LogP contribution is 2.07. The smallest absolute Gasteiger partial charge is 0.178 e. The zero-order valence-electron chi connectivity index (χ0n) is 7.03. The molecule has 0 atom stereocenters. The topological polar surface area (TPSA) is 55.1 Å². The zero-order valence-corrected chi connectivity index (χ0v) is 8.61. The van der Waals surface area contributed by atoms with Crippen molar-refractivity contribution in [3.05, 3.63) is 22.6 Å². The van der Waals surface area contributed by atoms with E-state index in [4.69, 9.17) is 0 Å². The number of nitrogens with one attached hydrogen (secondary N) is 1. The van der Waals surface area contributed by atoms with Gasteiger partial charge in [-0.25, -0.2) is 0 Å². The van der Waals surface area contributed by atoms with Crippen molar-refractivity contribution in [2.45, 2.75) is 6.54 Å². The van der Waals surface area contributed by atoms with E-state index < -0.39 is 0 Å². The fraction of sp³-hybridized carbons (Fsp3) is 0.286. The van der Waals surface area contributed by atoms with Crippen molar-refractivity contribution >= 4 is 21.6 Å². The molecule has 0 radical (unpaired) electrons. The maximum atomic E-state index is 4.22. The molecule has 0 spiro atoms. The molecule has 0 aliphatic heterocycles. The molecule has 68 valence electrons. The number of hydrogen-bond donors (Lipinski definition) is 1. The zero-order chi connectivity index (χ0) is 9.26. The van der Waals surface area contributed by atoms with Crippen LogP contribution in [-0.2, 0) is 6.54 Å². The number of nitrogens with zero attached hydrogens (tertiary/aromatic N) is 4. The van der Waals surface area contributed by atoms with Crippen molar-refractivity contribution in [3.8, 4) is 0 Å². The number of aromatic nitrogens is 4. The second-order valence-corrected chi connectivity index (χ2v) is 3.39. The Kier molecular flexibility index (Phi) is 2.24. The van der Waals surface area contributed by atoms with E-state index in [1.165, 1.54) is 0 Å². The highest BCUT2D eigenvalue weighted by atomic mass is 79.9. The van der Waals surface area contributed by atoms with Crippen LogP contribution < -0.4 is 5.32 Å². The van der Waals surface area contributed by atoms with Gasteiger partial charge in [-0.05, 0) is 35.1 Å². The Labute approximate surface area is 83.3 Å². The summed E-state index contributed by atoms with van der Waals surface area (Å²) in [7, 11) is 1.86. The summed E-state index contributed by atoms with van der Waals surface area (Å²) in [6.45, 7) is 0.657. The second-order valence-electron chi connectivity index (χ2n) is 2.57. The van der Waals surface area contributed by atoms with E-state index in [-0.39, 0.29) is 0 Å². The first kappa shape index (κ1) is 8.58. The van der Waals surface area contributed by atoms with E-state index in [1.807, 2.05) is 19.2 Å². The molecule has 5 nitrogen and oxygen atoms in total. The monoisotopic (exact) mass is 241 g/mol. The molecule has 0 bridgehead atoms. The standard InChI is InChI=1S/C7H8BrN5/c1-9-4-7-11-10-6-3-2-5(8)12-13(6)7/h2-3,9H,4H2,1H3. The van der Waals surface area contributed by atoms with Gasteiger partial charge in [0, 0.05) is 0 Å². The van der Waals surface area contributed by atoms with Crippen molar-refractivity contribution in [2.75, 3.05) is 7.05 Å². The second kappa shape index (κ2) is 3.39. The molecular weight excluding hydrogens is 234 g/mol. The lowest BCUT2D eigenvalue weighted by Gasteiger charge is -1.96. The predicted molar refractivity (Wildman–Crippen MR) is 51.2 cm³/mol. The largest absolute Gasteiger partial charge is 0.313 e. The van der Waals surface area contributed by atoms with E-state index in [1.54, 1.807) is 4.52 Å². The fourth-order valence-corrected chi connectivity index (χ4v) is 1.37. The van der Waals surface area contributed by atoms with Gasteiger partial charge in [0.15, 0.2) is 11.5 Å². The van der Waals surface area contributed by atoms with Crippen molar-refractivity contribution in [1.82, 2.24) is 25.1 Å². The molecule has 0 aromatic carbocycles. The third-order valence-corrected chi connectivity index (χ3v) is 2.05. The summed E-state index contributed by atoms with van der Waals surface area (Å²) < 4.78 is 2.48. The molecule has 0 saturated carbocycles. The maximum absolute atomic E-state index is 4.22. The summed E-state index contributed by atoms with van der Waals surface area (Å²) in [5.74, 6) is 0.804. The van der Waals surface area contributed by atoms with Crippen LogP contribution in [0.15, 0.2) is 16.7 Å². The third kappa shape index (κ3) is 1.54. The summed E-state index contributed by atoms with van der Waals surface area (Å²) in [5.41, 5.74) is 0.758. The first-order valence-electron chi connectivity index (χ1n) is 3.82. The lowest BCUT2D eigenvalue weighted by Crippen LogP contribution is -2.10. The molecular formula is C7H8BrN5. The van der Waals surface area contributed by atoms with Crippen molar-refractivity contribution in [2.24, 2.45) is 0 Å².